The van der Waals surface area contributed by atoms with Gasteiger partial charge in [-0.15, -0.1) is 23.5 Å². The van der Waals surface area contributed by atoms with Gasteiger partial charge in [-0.25, -0.2) is 0 Å². The Morgan fingerprint density at radius 3 is 2.75 bits per heavy atom. The summed E-state index contributed by atoms with van der Waals surface area (Å²) < 4.78 is 12.4. The Labute approximate surface area is 153 Å². The molecule has 2 heterocycles. The highest BCUT2D eigenvalue weighted by molar-refractivity contribution is 8.18. The number of rotatable bonds is 6. The number of hydrogen-bond donors (Lipinski definition) is 0. The fourth-order valence-corrected chi connectivity index (χ4v) is 6.82. The van der Waals surface area contributed by atoms with Gasteiger partial charge in [0.25, 0.3) is 0 Å². The van der Waals surface area contributed by atoms with Crippen molar-refractivity contribution in [1.29, 1.82) is 0 Å². The van der Waals surface area contributed by atoms with Gasteiger partial charge in [-0.2, -0.15) is 0 Å². The van der Waals surface area contributed by atoms with E-state index in [-0.39, 0.29) is 16.3 Å². The Kier molecular flexibility index (Phi) is 7.07. The first kappa shape index (κ1) is 18.3. The summed E-state index contributed by atoms with van der Waals surface area (Å²) >= 11 is 4.16. The molecular formula is C19H26O3S2. The second-order valence-electron chi connectivity index (χ2n) is 6.49. The van der Waals surface area contributed by atoms with Crippen molar-refractivity contribution in [1.82, 2.24) is 0 Å². The van der Waals surface area contributed by atoms with E-state index in [9.17, 15) is 4.79 Å². The van der Waals surface area contributed by atoms with E-state index < -0.39 is 0 Å². The number of ether oxygens (including phenoxy) is 2. The van der Waals surface area contributed by atoms with Crippen LogP contribution in [0, 0.1) is 0 Å². The molecule has 1 aromatic carbocycles. The van der Waals surface area contributed by atoms with Gasteiger partial charge in [0.05, 0.1) is 29.5 Å². The minimum absolute atomic E-state index is 0.0356. The third-order valence-electron chi connectivity index (χ3n) is 4.56. The molecule has 3 rings (SSSR count). The van der Waals surface area contributed by atoms with Crippen LogP contribution in [-0.2, 0) is 20.9 Å². The minimum atomic E-state index is 0.0356. The molecule has 1 spiro atoms. The van der Waals surface area contributed by atoms with Crippen LogP contribution < -0.4 is 0 Å². The zero-order chi connectivity index (χ0) is 16.7. The molecule has 0 amide bonds. The van der Waals surface area contributed by atoms with Crippen LogP contribution >= 0.6 is 23.5 Å². The summed E-state index contributed by atoms with van der Waals surface area (Å²) in [6, 6.07) is 10.2. The number of carbonyl (C=O) groups is 1. The summed E-state index contributed by atoms with van der Waals surface area (Å²) in [5.74, 6) is 2.46. The fraction of sp³-hybridized carbons (Fsp3) is 0.632. The van der Waals surface area contributed by atoms with E-state index >= 15 is 0 Å². The maximum Gasteiger partial charge on any atom is 0.122 e. The normalized spacial score (nSPS) is 26.8. The second kappa shape index (κ2) is 9.27. The Morgan fingerprint density at radius 1 is 1.21 bits per heavy atom. The Hall–Kier alpha value is -0.490. The van der Waals surface area contributed by atoms with Gasteiger partial charge in [-0.05, 0) is 42.8 Å². The van der Waals surface area contributed by atoms with E-state index in [1.165, 1.54) is 23.5 Å². The van der Waals surface area contributed by atoms with Crippen molar-refractivity contribution in [2.75, 3.05) is 18.1 Å². The first-order valence-corrected chi connectivity index (χ1v) is 10.8. The van der Waals surface area contributed by atoms with Gasteiger partial charge in [-0.3, -0.25) is 0 Å². The third kappa shape index (κ3) is 5.25. The molecule has 5 heteroatoms. The average Bonchev–Trinajstić information content (AvgIpc) is 2.77. The molecule has 2 fully saturated rings. The van der Waals surface area contributed by atoms with Crippen LogP contribution in [0.2, 0.25) is 0 Å². The van der Waals surface area contributed by atoms with Gasteiger partial charge in [0, 0.05) is 6.42 Å². The van der Waals surface area contributed by atoms with Crippen LogP contribution in [-0.4, -0.2) is 40.7 Å². The first-order valence-electron chi connectivity index (χ1n) is 8.78. The third-order valence-corrected chi connectivity index (χ3v) is 8.05. The zero-order valence-electron chi connectivity index (χ0n) is 14.0. The summed E-state index contributed by atoms with van der Waals surface area (Å²) in [6.07, 6.45) is 6.08. The van der Waals surface area contributed by atoms with E-state index in [4.69, 9.17) is 9.47 Å². The van der Waals surface area contributed by atoms with Gasteiger partial charge >= 0.3 is 0 Å². The molecule has 0 unspecified atom stereocenters. The number of hydrogen-bond acceptors (Lipinski definition) is 5. The van der Waals surface area contributed by atoms with Crippen molar-refractivity contribution in [3.8, 4) is 0 Å². The molecular weight excluding hydrogens is 340 g/mol. The smallest absolute Gasteiger partial charge is 0.122 e. The van der Waals surface area contributed by atoms with E-state index in [2.05, 4.69) is 35.7 Å². The van der Waals surface area contributed by atoms with Crippen LogP contribution in [0.1, 0.15) is 37.7 Å². The summed E-state index contributed by atoms with van der Waals surface area (Å²) in [5, 5.41) is 0. The minimum Gasteiger partial charge on any atom is -0.374 e. The molecule has 0 saturated carbocycles. The molecule has 0 N–H and O–H groups in total. The molecule has 2 aliphatic rings. The topological polar surface area (TPSA) is 35.5 Å². The quantitative estimate of drug-likeness (QED) is 0.702. The van der Waals surface area contributed by atoms with Crippen LogP contribution in [0.15, 0.2) is 30.3 Å². The monoisotopic (exact) mass is 366 g/mol. The van der Waals surface area contributed by atoms with Crippen molar-refractivity contribution in [2.45, 2.75) is 55.0 Å². The summed E-state index contributed by atoms with van der Waals surface area (Å²) in [6.45, 7) is 1.23. The van der Waals surface area contributed by atoms with Gasteiger partial charge in [0.1, 0.15) is 6.29 Å². The van der Waals surface area contributed by atoms with Crippen molar-refractivity contribution in [3.63, 3.8) is 0 Å². The van der Waals surface area contributed by atoms with Gasteiger partial charge in [-0.1, -0.05) is 30.3 Å². The summed E-state index contributed by atoms with van der Waals surface area (Å²) in [7, 11) is 0. The van der Waals surface area contributed by atoms with E-state index in [1.54, 1.807) is 0 Å². The lowest BCUT2D eigenvalue weighted by Crippen LogP contribution is -2.29. The molecule has 2 atom stereocenters. The van der Waals surface area contributed by atoms with Crippen molar-refractivity contribution < 1.29 is 14.3 Å². The van der Waals surface area contributed by atoms with Crippen LogP contribution in [0.4, 0.5) is 0 Å². The molecule has 0 aliphatic carbocycles. The molecule has 132 valence electrons. The lowest BCUT2D eigenvalue weighted by atomic mass is 10.1. The van der Waals surface area contributed by atoms with Crippen LogP contribution in [0.5, 0.6) is 0 Å². The molecule has 1 aromatic rings. The second-order valence-corrected chi connectivity index (χ2v) is 9.70. The number of benzene rings is 1. The predicted molar refractivity (Wildman–Crippen MR) is 102 cm³/mol. The Morgan fingerprint density at radius 2 is 2.00 bits per heavy atom. The highest BCUT2D eigenvalue weighted by atomic mass is 32.2. The molecule has 2 aliphatic heterocycles. The molecule has 3 nitrogen and oxygen atoms in total. The summed E-state index contributed by atoms with van der Waals surface area (Å²) in [5.41, 5.74) is 1.19. The lowest BCUT2D eigenvalue weighted by molar-refractivity contribution is -0.113. The van der Waals surface area contributed by atoms with E-state index in [1.807, 2.05) is 18.2 Å². The maximum atomic E-state index is 11.0. The molecule has 0 bridgehead atoms. The standard InChI is InChI=1S/C19H26O3S2/c20-10-8-17-13-19(23-11-4-12-24-19)9-7-18(22-17)15-21-14-16-5-2-1-3-6-16/h1-3,5-6,10,17-18H,4,7-9,11-15H2/t17-,18+/m1/s1. The Bertz CT molecular complexity index is 503. The van der Waals surface area contributed by atoms with Gasteiger partial charge < -0.3 is 14.3 Å². The van der Waals surface area contributed by atoms with Crippen LogP contribution in [0.25, 0.3) is 0 Å². The average molecular weight is 367 g/mol. The Balaban J connectivity index is 1.54. The SMILES string of the molecule is O=CC[C@@H]1CC2(CC[C@@H](COCc3ccccc3)O1)SCCCS2. The van der Waals surface area contributed by atoms with E-state index in [0.717, 1.165) is 25.5 Å². The predicted octanol–water partition coefficient (Wildman–Crippen LogP) is 4.30. The summed E-state index contributed by atoms with van der Waals surface area (Å²) in [4.78, 5) is 11.0. The number of thioether (sulfide) groups is 2. The first-order chi connectivity index (χ1) is 11.8. The molecule has 0 aromatic heterocycles. The highest BCUT2D eigenvalue weighted by Gasteiger charge is 2.40. The number of aldehydes is 1. The van der Waals surface area contributed by atoms with Gasteiger partial charge in [0.15, 0.2) is 0 Å². The van der Waals surface area contributed by atoms with Crippen molar-refractivity contribution >= 4 is 29.8 Å². The van der Waals surface area contributed by atoms with E-state index in [0.29, 0.717) is 19.6 Å². The molecule has 0 radical (unpaired) electrons. The zero-order valence-corrected chi connectivity index (χ0v) is 15.7. The highest BCUT2D eigenvalue weighted by Crippen LogP contribution is 2.50. The van der Waals surface area contributed by atoms with Crippen molar-refractivity contribution in [3.05, 3.63) is 35.9 Å². The lowest BCUT2D eigenvalue weighted by Gasteiger charge is -2.36. The molecule has 2 saturated heterocycles. The van der Waals surface area contributed by atoms with Crippen LogP contribution in [0.3, 0.4) is 0 Å². The fourth-order valence-electron chi connectivity index (χ4n) is 3.35. The number of carbonyl (C=O) groups excluding carboxylic acids is 1. The van der Waals surface area contributed by atoms with Gasteiger partial charge in [0.2, 0.25) is 0 Å². The maximum absolute atomic E-state index is 11.0. The van der Waals surface area contributed by atoms with Crippen molar-refractivity contribution in [2.24, 2.45) is 0 Å². The largest absolute Gasteiger partial charge is 0.374 e. The molecule has 24 heavy (non-hydrogen) atoms.